The minimum absolute atomic E-state index is 0.151. The second-order valence-corrected chi connectivity index (χ2v) is 5.30. The van der Waals surface area contributed by atoms with E-state index in [0.29, 0.717) is 11.4 Å². The summed E-state index contributed by atoms with van der Waals surface area (Å²) < 4.78 is 14.6. The molecule has 0 saturated heterocycles. The molecule has 19 heavy (non-hydrogen) atoms. The van der Waals surface area contributed by atoms with Gasteiger partial charge in [0.1, 0.15) is 11.5 Å². The minimum atomic E-state index is -0.513. The van der Waals surface area contributed by atoms with Gasteiger partial charge in [-0.1, -0.05) is 37.0 Å². The molecule has 1 heterocycles. The van der Waals surface area contributed by atoms with E-state index in [2.05, 4.69) is 5.10 Å². The summed E-state index contributed by atoms with van der Waals surface area (Å²) >= 11 is 12.0. The van der Waals surface area contributed by atoms with E-state index in [4.69, 9.17) is 23.2 Å². The van der Waals surface area contributed by atoms with Gasteiger partial charge in [0.05, 0.1) is 28.5 Å². The van der Waals surface area contributed by atoms with Gasteiger partial charge < -0.3 is 5.11 Å². The molecule has 0 spiro atoms. The predicted octanol–water partition coefficient (Wildman–Crippen LogP) is 3.93. The van der Waals surface area contributed by atoms with Crippen LogP contribution in [0.1, 0.15) is 31.0 Å². The van der Waals surface area contributed by atoms with Crippen LogP contribution in [0.15, 0.2) is 18.3 Å². The van der Waals surface area contributed by atoms with E-state index in [1.807, 2.05) is 13.8 Å². The Labute approximate surface area is 120 Å². The third-order valence-electron chi connectivity index (χ3n) is 2.87. The molecule has 0 aliphatic carbocycles. The molecule has 102 valence electrons. The van der Waals surface area contributed by atoms with Gasteiger partial charge >= 0.3 is 0 Å². The third-order valence-corrected chi connectivity index (χ3v) is 3.44. The molecule has 0 aliphatic rings. The normalized spacial score (nSPS) is 11.3. The molecule has 1 N–H and O–H groups in total. The van der Waals surface area contributed by atoms with Crippen molar-refractivity contribution < 1.29 is 9.50 Å². The average molecular weight is 303 g/mol. The lowest BCUT2D eigenvalue weighted by molar-refractivity contribution is 0.271. The van der Waals surface area contributed by atoms with Crippen molar-refractivity contribution in [3.63, 3.8) is 0 Å². The molecule has 0 unspecified atom stereocenters. The fourth-order valence-corrected chi connectivity index (χ4v) is 2.58. The van der Waals surface area contributed by atoms with Gasteiger partial charge in [0, 0.05) is 0 Å². The van der Waals surface area contributed by atoms with Gasteiger partial charge in [0.25, 0.3) is 0 Å². The predicted molar refractivity (Wildman–Crippen MR) is 73.6 cm³/mol. The van der Waals surface area contributed by atoms with Crippen LogP contribution < -0.4 is 0 Å². The summed E-state index contributed by atoms with van der Waals surface area (Å²) in [5.74, 6) is -0.311. The zero-order valence-electron chi connectivity index (χ0n) is 10.5. The maximum atomic E-state index is 13.2. The maximum Gasteiger partial charge on any atom is 0.126 e. The van der Waals surface area contributed by atoms with E-state index in [9.17, 15) is 9.50 Å². The summed E-state index contributed by atoms with van der Waals surface area (Å²) in [6, 6.07) is 2.33. The van der Waals surface area contributed by atoms with Gasteiger partial charge in [-0.15, -0.1) is 0 Å². The van der Waals surface area contributed by atoms with Gasteiger partial charge in [-0.3, -0.25) is 0 Å². The van der Waals surface area contributed by atoms with Gasteiger partial charge in [-0.25, -0.2) is 9.07 Å². The van der Waals surface area contributed by atoms with Crippen molar-refractivity contribution in [3.8, 4) is 5.69 Å². The zero-order chi connectivity index (χ0) is 14.2. The third kappa shape index (κ3) is 2.61. The minimum Gasteiger partial charge on any atom is -0.390 e. The topological polar surface area (TPSA) is 38.0 Å². The number of aliphatic hydroxyl groups excluding tert-OH is 1. The number of aliphatic hydroxyl groups is 1. The van der Waals surface area contributed by atoms with Crippen LogP contribution in [-0.4, -0.2) is 14.9 Å². The van der Waals surface area contributed by atoms with E-state index in [1.165, 1.54) is 16.8 Å². The van der Waals surface area contributed by atoms with Gasteiger partial charge in [0.2, 0.25) is 0 Å². The highest BCUT2D eigenvalue weighted by Gasteiger charge is 2.18. The fraction of sp³-hybridized carbons (Fsp3) is 0.308. The smallest absolute Gasteiger partial charge is 0.126 e. The molecule has 6 heteroatoms. The number of halogens is 3. The Balaban J connectivity index is 2.66. The van der Waals surface area contributed by atoms with Crippen LogP contribution in [0.4, 0.5) is 4.39 Å². The number of benzene rings is 1. The van der Waals surface area contributed by atoms with Crippen LogP contribution in [0.5, 0.6) is 0 Å². The standard InChI is InChI=1S/C13H13Cl2FN2O/c1-7(2)9-5-17-18(12(9)6-19)13-10(14)3-8(16)4-11(13)15/h3-5,7,19H,6H2,1-2H3. The molecule has 2 rings (SSSR count). The highest BCUT2D eigenvalue weighted by molar-refractivity contribution is 6.37. The van der Waals surface area contributed by atoms with Crippen molar-refractivity contribution in [2.24, 2.45) is 0 Å². The van der Waals surface area contributed by atoms with Crippen LogP contribution in [0.25, 0.3) is 5.69 Å². The molecule has 2 aromatic rings. The lowest BCUT2D eigenvalue weighted by Crippen LogP contribution is -2.06. The van der Waals surface area contributed by atoms with Gasteiger partial charge in [0.15, 0.2) is 0 Å². The quantitative estimate of drug-likeness (QED) is 0.933. The average Bonchev–Trinajstić information content (AvgIpc) is 2.71. The van der Waals surface area contributed by atoms with Crippen molar-refractivity contribution in [3.05, 3.63) is 45.4 Å². The second-order valence-electron chi connectivity index (χ2n) is 4.49. The largest absolute Gasteiger partial charge is 0.390 e. The molecule has 0 atom stereocenters. The molecular formula is C13H13Cl2FN2O. The summed E-state index contributed by atoms with van der Waals surface area (Å²) in [5.41, 5.74) is 1.88. The first-order valence-electron chi connectivity index (χ1n) is 5.78. The Kier molecular flexibility index (Phi) is 4.13. The van der Waals surface area contributed by atoms with E-state index in [0.717, 1.165) is 5.56 Å². The SMILES string of the molecule is CC(C)c1cnn(-c2c(Cl)cc(F)cc2Cl)c1CO. The number of nitrogens with zero attached hydrogens (tertiary/aromatic N) is 2. The Morgan fingerprint density at radius 1 is 1.32 bits per heavy atom. The molecular weight excluding hydrogens is 290 g/mol. The molecule has 3 nitrogen and oxygen atoms in total. The molecule has 1 aromatic carbocycles. The van der Waals surface area contributed by atoms with Crippen LogP contribution in [0.3, 0.4) is 0 Å². The number of hydrogen-bond donors (Lipinski definition) is 1. The van der Waals surface area contributed by atoms with Crippen LogP contribution >= 0.6 is 23.2 Å². The molecule has 0 aliphatic heterocycles. The highest BCUT2D eigenvalue weighted by Crippen LogP contribution is 2.32. The van der Waals surface area contributed by atoms with Gasteiger partial charge in [-0.2, -0.15) is 5.10 Å². The van der Waals surface area contributed by atoms with Gasteiger partial charge in [-0.05, 0) is 23.6 Å². The van der Waals surface area contributed by atoms with Crippen molar-refractivity contribution in [1.29, 1.82) is 0 Å². The summed E-state index contributed by atoms with van der Waals surface area (Å²) in [7, 11) is 0. The van der Waals surface area contributed by atoms with Crippen molar-refractivity contribution in [1.82, 2.24) is 9.78 Å². The molecule has 0 fully saturated rings. The van der Waals surface area contributed by atoms with Crippen LogP contribution in [-0.2, 0) is 6.61 Å². The number of aromatic nitrogens is 2. The van der Waals surface area contributed by atoms with Crippen molar-refractivity contribution >= 4 is 23.2 Å². The summed E-state index contributed by atoms with van der Waals surface area (Å²) in [6.45, 7) is 3.79. The van der Waals surface area contributed by atoms with Crippen molar-refractivity contribution in [2.75, 3.05) is 0 Å². The fourth-order valence-electron chi connectivity index (χ4n) is 1.96. The summed E-state index contributed by atoms with van der Waals surface area (Å²) in [5, 5.41) is 14.0. The Bertz CT molecular complexity index is 588. The molecule has 0 radical (unpaired) electrons. The molecule has 0 saturated carbocycles. The Morgan fingerprint density at radius 2 is 1.89 bits per heavy atom. The van der Waals surface area contributed by atoms with E-state index in [-0.39, 0.29) is 22.6 Å². The zero-order valence-corrected chi connectivity index (χ0v) is 12.0. The molecule has 0 amide bonds. The molecule has 1 aromatic heterocycles. The first-order chi connectivity index (χ1) is 8.95. The second kappa shape index (κ2) is 5.49. The van der Waals surface area contributed by atoms with E-state index >= 15 is 0 Å². The first kappa shape index (κ1) is 14.3. The first-order valence-corrected chi connectivity index (χ1v) is 6.53. The lowest BCUT2D eigenvalue weighted by atomic mass is 10.0. The lowest BCUT2D eigenvalue weighted by Gasteiger charge is -2.12. The number of rotatable bonds is 3. The van der Waals surface area contributed by atoms with Crippen molar-refractivity contribution in [2.45, 2.75) is 26.4 Å². The molecule has 0 bridgehead atoms. The van der Waals surface area contributed by atoms with E-state index < -0.39 is 5.82 Å². The highest BCUT2D eigenvalue weighted by atomic mass is 35.5. The number of hydrogen-bond acceptors (Lipinski definition) is 2. The van der Waals surface area contributed by atoms with E-state index in [1.54, 1.807) is 6.20 Å². The monoisotopic (exact) mass is 302 g/mol. The maximum absolute atomic E-state index is 13.2. The van der Waals surface area contributed by atoms with Crippen LogP contribution in [0, 0.1) is 5.82 Å². The Morgan fingerprint density at radius 3 is 2.37 bits per heavy atom. The van der Waals surface area contributed by atoms with Crippen LogP contribution in [0.2, 0.25) is 10.0 Å². The Hall–Kier alpha value is -1.10. The summed E-state index contributed by atoms with van der Waals surface area (Å²) in [6.07, 6.45) is 1.66. The summed E-state index contributed by atoms with van der Waals surface area (Å²) in [4.78, 5) is 0.